The van der Waals surface area contributed by atoms with Crippen molar-refractivity contribution in [2.24, 2.45) is 4.99 Å². The van der Waals surface area contributed by atoms with E-state index in [-0.39, 0.29) is 29.9 Å². The van der Waals surface area contributed by atoms with Crippen molar-refractivity contribution in [1.82, 2.24) is 15.5 Å². The first-order valence-electron chi connectivity index (χ1n) is 9.42. The van der Waals surface area contributed by atoms with Crippen LogP contribution < -0.4 is 15.5 Å². The van der Waals surface area contributed by atoms with Gasteiger partial charge in [-0.2, -0.15) is 0 Å². The highest BCUT2D eigenvalue weighted by molar-refractivity contribution is 14.0. The zero-order chi connectivity index (χ0) is 18.4. The van der Waals surface area contributed by atoms with Crippen LogP contribution in [0, 0.1) is 0 Å². The number of carbonyl (C=O) groups excluding carboxylic acids is 1. The summed E-state index contributed by atoms with van der Waals surface area (Å²) in [4.78, 5) is 20.9. The fourth-order valence-corrected chi connectivity index (χ4v) is 4.14. The van der Waals surface area contributed by atoms with Crippen LogP contribution in [0.5, 0.6) is 0 Å². The highest BCUT2D eigenvalue weighted by Gasteiger charge is 2.25. The number of halogens is 2. The van der Waals surface area contributed by atoms with Crippen LogP contribution in [0.15, 0.2) is 33.7 Å². The molecule has 2 aliphatic heterocycles. The monoisotopic (exact) mass is 549 g/mol. The lowest BCUT2D eigenvalue weighted by Crippen LogP contribution is -2.49. The molecule has 2 fully saturated rings. The van der Waals surface area contributed by atoms with Gasteiger partial charge in [0.1, 0.15) is 0 Å². The van der Waals surface area contributed by atoms with Gasteiger partial charge in [-0.1, -0.05) is 12.1 Å². The Morgan fingerprint density at radius 2 is 1.96 bits per heavy atom. The number of benzene rings is 1. The van der Waals surface area contributed by atoms with Gasteiger partial charge in [0.05, 0.1) is 12.2 Å². The van der Waals surface area contributed by atoms with Gasteiger partial charge in [0.2, 0.25) is 5.91 Å². The molecule has 2 N–H and O–H groups in total. The van der Waals surface area contributed by atoms with Crippen molar-refractivity contribution in [2.45, 2.75) is 31.7 Å². The third-order valence-electron chi connectivity index (χ3n) is 5.06. The van der Waals surface area contributed by atoms with Crippen molar-refractivity contribution in [3.63, 3.8) is 0 Å². The van der Waals surface area contributed by atoms with Crippen LogP contribution in [0.25, 0.3) is 0 Å². The highest BCUT2D eigenvalue weighted by Crippen LogP contribution is 2.28. The van der Waals surface area contributed by atoms with Crippen LogP contribution in [-0.4, -0.2) is 62.6 Å². The molecule has 2 saturated heterocycles. The average Bonchev–Trinajstić information content (AvgIpc) is 3.14. The fraction of sp³-hybridized carbons (Fsp3) is 0.579. The number of aliphatic imine (C=N–C) groups is 1. The third kappa shape index (κ3) is 6.23. The van der Waals surface area contributed by atoms with Gasteiger partial charge in [0.15, 0.2) is 5.96 Å². The van der Waals surface area contributed by atoms with Gasteiger partial charge in [-0.25, -0.2) is 0 Å². The molecule has 0 bridgehead atoms. The normalized spacial score (nSPS) is 20.2. The summed E-state index contributed by atoms with van der Waals surface area (Å²) >= 11 is 3.63. The maximum atomic E-state index is 12.3. The summed E-state index contributed by atoms with van der Waals surface area (Å²) in [6.45, 7) is 4.00. The summed E-state index contributed by atoms with van der Waals surface area (Å²) in [7, 11) is 1.75. The molecule has 1 aromatic rings. The van der Waals surface area contributed by atoms with Gasteiger partial charge in [0.25, 0.3) is 0 Å². The number of carbonyl (C=O) groups is 1. The van der Waals surface area contributed by atoms with Gasteiger partial charge in [0, 0.05) is 43.7 Å². The van der Waals surface area contributed by atoms with Crippen LogP contribution in [-0.2, 0) is 4.79 Å². The van der Waals surface area contributed by atoms with Crippen molar-refractivity contribution in [2.75, 3.05) is 44.7 Å². The van der Waals surface area contributed by atoms with E-state index in [2.05, 4.69) is 54.7 Å². The summed E-state index contributed by atoms with van der Waals surface area (Å²) in [5.74, 6) is 0.864. The second kappa shape index (κ2) is 11.1. The first-order chi connectivity index (χ1) is 12.7. The van der Waals surface area contributed by atoms with E-state index < -0.39 is 0 Å². The zero-order valence-corrected chi connectivity index (χ0v) is 19.7. The number of nitrogens with zero attached hydrogens (tertiary/aromatic N) is 3. The van der Waals surface area contributed by atoms with E-state index >= 15 is 0 Å². The quantitative estimate of drug-likeness (QED) is 0.344. The number of likely N-dealkylation sites (tertiary alicyclic amines) is 1. The number of hydrogen-bond acceptors (Lipinski definition) is 3. The molecule has 0 spiro atoms. The summed E-state index contributed by atoms with van der Waals surface area (Å²) in [6, 6.07) is 8.62. The number of guanidine groups is 1. The smallest absolute Gasteiger partial charge is 0.241 e. The van der Waals surface area contributed by atoms with Crippen molar-refractivity contribution in [1.29, 1.82) is 0 Å². The molecule has 0 radical (unpaired) electrons. The molecule has 8 heteroatoms. The molecule has 1 unspecified atom stereocenters. The predicted octanol–water partition coefficient (Wildman–Crippen LogP) is 2.82. The number of amides is 1. The SMILES string of the molecule is CN=C(NCC(=O)N1CCCCC1)NC1CCN(c2ccccc2Br)C1.I. The molecular weight excluding hydrogens is 521 g/mol. The summed E-state index contributed by atoms with van der Waals surface area (Å²) in [5.41, 5.74) is 1.22. The Kier molecular flexibility index (Phi) is 9.14. The lowest BCUT2D eigenvalue weighted by molar-refractivity contribution is -0.130. The Morgan fingerprint density at radius 3 is 2.67 bits per heavy atom. The van der Waals surface area contributed by atoms with Gasteiger partial charge in [-0.05, 0) is 53.7 Å². The number of nitrogens with one attached hydrogen (secondary N) is 2. The molecule has 6 nitrogen and oxygen atoms in total. The number of para-hydroxylation sites is 1. The highest BCUT2D eigenvalue weighted by atomic mass is 127. The van der Waals surface area contributed by atoms with Crippen LogP contribution >= 0.6 is 39.9 Å². The molecule has 27 heavy (non-hydrogen) atoms. The van der Waals surface area contributed by atoms with Crippen molar-refractivity contribution in [3.05, 3.63) is 28.7 Å². The van der Waals surface area contributed by atoms with Crippen molar-refractivity contribution < 1.29 is 4.79 Å². The van der Waals surface area contributed by atoms with E-state index in [1.807, 2.05) is 11.0 Å². The Balaban J connectivity index is 0.00000261. The molecule has 1 atom stereocenters. The minimum atomic E-state index is 0. The van der Waals surface area contributed by atoms with E-state index in [9.17, 15) is 4.79 Å². The third-order valence-corrected chi connectivity index (χ3v) is 5.73. The van der Waals surface area contributed by atoms with Crippen molar-refractivity contribution >= 4 is 57.5 Å². The van der Waals surface area contributed by atoms with Crippen LogP contribution in [0.4, 0.5) is 5.69 Å². The maximum Gasteiger partial charge on any atom is 0.241 e. The molecule has 3 rings (SSSR count). The lowest BCUT2D eigenvalue weighted by atomic mass is 10.1. The van der Waals surface area contributed by atoms with Gasteiger partial charge >= 0.3 is 0 Å². The molecule has 0 aromatic heterocycles. The Labute approximate surface area is 187 Å². The minimum Gasteiger partial charge on any atom is -0.368 e. The zero-order valence-electron chi connectivity index (χ0n) is 15.8. The second-order valence-electron chi connectivity index (χ2n) is 6.89. The molecule has 1 aromatic carbocycles. The van der Waals surface area contributed by atoms with Gasteiger partial charge in [-0.3, -0.25) is 9.79 Å². The molecule has 0 saturated carbocycles. The number of piperidine rings is 1. The van der Waals surface area contributed by atoms with E-state index in [0.29, 0.717) is 18.5 Å². The number of anilines is 1. The molecular formula is C19H29BrIN5O. The molecule has 1 amide bonds. The lowest BCUT2D eigenvalue weighted by Gasteiger charge is -2.27. The van der Waals surface area contributed by atoms with Crippen LogP contribution in [0.2, 0.25) is 0 Å². The summed E-state index contributed by atoms with van der Waals surface area (Å²) in [6.07, 6.45) is 4.51. The van der Waals surface area contributed by atoms with Crippen LogP contribution in [0.1, 0.15) is 25.7 Å². The van der Waals surface area contributed by atoms with E-state index in [1.165, 1.54) is 12.1 Å². The number of rotatable bonds is 4. The molecule has 2 aliphatic rings. The first-order valence-corrected chi connectivity index (χ1v) is 10.2. The maximum absolute atomic E-state index is 12.3. The van der Waals surface area contributed by atoms with Gasteiger partial charge < -0.3 is 20.4 Å². The fourth-order valence-electron chi connectivity index (χ4n) is 3.61. The van der Waals surface area contributed by atoms with Gasteiger partial charge in [-0.15, -0.1) is 24.0 Å². The first kappa shape index (κ1) is 22.3. The van der Waals surface area contributed by atoms with E-state index in [0.717, 1.165) is 49.9 Å². The molecule has 150 valence electrons. The Morgan fingerprint density at radius 1 is 1.22 bits per heavy atom. The predicted molar refractivity (Wildman–Crippen MR) is 125 cm³/mol. The average molecular weight is 550 g/mol. The Hall–Kier alpha value is -1.03. The van der Waals surface area contributed by atoms with Crippen molar-refractivity contribution in [3.8, 4) is 0 Å². The summed E-state index contributed by atoms with van der Waals surface area (Å²) in [5, 5.41) is 6.63. The summed E-state index contributed by atoms with van der Waals surface area (Å²) < 4.78 is 1.12. The van der Waals surface area contributed by atoms with Crippen LogP contribution in [0.3, 0.4) is 0 Å². The Bertz CT molecular complexity index is 651. The largest absolute Gasteiger partial charge is 0.368 e. The van der Waals surface area contributed by atoms with E-state index in [1.54, 1.807) is 7.05 Å². The van der Waals surface area contributed by atoms with E-state index in [4.69, 9.17) is 0 Å². The minimum absolute atomic E-state index is 0. The molecule has 0 aliphatic carbocycles. The second-order valence-corrected chi connectivity index (χ2v) is 7.75. The standard InChI is InChI=1S/C19H28BrN5O.HI/c1-21-19(22-13-18(26)24-10-5-2-6-11-24)23-15-9-12-25(14-15)17-8-4-3-7-16(17)20;/h3-4,7-8,15H,2,5-6,9-14H2,1H3,(H2,21,22,23);1H. The number of hydrogen-bond donors (Lipinski definition) is 2. The topological polar surface area (TPSA) is 60.0 Å². The molecule has 2 heterocycles.